The summed E-state index contributed by atoms with van der Waals surface area (Å²) < 4.78 is 5.38. The number of ether oxygens (including phenoxy) is 1. The standard InChI is InChI=1S/C19H36N6O3/c1-23(2)18(27)14-22-19(21-6-4-7-24-9-11-28-12-10-24)25-8-3-5-16(15-25)13-17(20)26/h16H,3-15H2,1-2H3,(H2,20,26)(H,21,22). The number of primary amides is 1. The number of likely N-dealkylation sites (tertiary alicyclic amines) is 1. The van der Waals surface area contributed by atoms with Crippen LogP contribution in [0.2, 0.25) is 0 Å². The van der Waals surface area contributed by atoms with Gasteiger partial charge in [0.2, 0.25) is 11.8 Å². The molecule has 2 saturated heterocycles. The van der Waals surface area contributed by atoms with Gasteiger partial charge in [0.25, 0.3) is 0 Å². The highest BCUT2D eigenvalue weighted by Crippen LogP contribution is 2.19. The summed E-state index contributed by atoms with van der Waals surface area (Å²) in [7, 11) is 3.47. The fourth-order valence-corrected chi connectivity index (χ4v) is 3.59. The largest absolute Gasteiger partial charge is 0.379 e. The second kappa shape index (κ2) is 11.9. The van der Waals surface area contributed by atoms with Crippen LogP contribution in [0.4, 0.5) is 0 Å². The normalized spacial score (nSPS) is 21.4. The van der Waals surface area contributed by atoms with Gasteiger partial charge in [0.15, 0.2) is 5.96 Å². The first-order chi connectivity index (χ1) is 13.5. The number of nitrogens with one attached hydrogen (secondary N) is 1. The smallest absolute Gasteiger partial charge is 0.243 e. The summed E-state index contributed by atoms with van der Waals surface area (Å²) in [4.78, 5) is 33.9. The summed E-state index contributed by atoms with van der Waals surface area (Å²) in [6, 6.07) is 0. The molecule has 0 spiro atoms. The van der Waals surface area contributed by atoms with E-state index in [4.69, 9.17) is 10.5 Å². The van der Waals surface area contributed by atoms with Crippen molar-refractivity contribution in [1.29, 1.82) is 0 Å². The average Bonchev–Trinajstić information content (AvgIpc) is 2.67. The molecule has 160 valence electrons. The van der Waals surface area contributed by atoms with E-state index >= 15 is 0 Å². The number of morpholine rings is 1. The molecule has 0 aromatic heterocycles. The Labute approximate surface area is 168 Å². The third kappa shape index (κ3) is 8.02. The van der Waals surface area contributed by atoms with Crippen molar-refractivity contribution in [1.82, 2.24) is 20.0 Å². The molecule has 2 aliphatic rings. The first kappa shape index (κ1) is 22.4. The van der Waals surface area contributed by atoms with Crippen LogP contribution >= 0.6 is 0 Å². The lowest BCUT2D eigenvalue weighted by atomic mass is 9.95. The van der Waals surface area contributed by atoms with Crippen LogP contribution in [-0.4, -0.2) is 106 Å². The van der Waals surface area contributed by atoms with Gasteiger partial charge in [0.1, 0.15) is 6.54 Å². The van der Waals surface area contributed by atoms with Crippen molar-refractivity contribution in [3.8, 4) is 0 Å². The molecule has 3 N–H and O–H groups in total. The lowest BCUT2D eigenvalue weighted by Crippen LogP contribution is -2.48. The Morgan fingerprint density at radius 1 is 1.25 bits per heavy atom. The van der Waals surface area contributed by atoms with E-state index in [9.17, 15) is 9.59 Å². The van der Waals surface area contributed by atoms with Crippen LogP contribution in [0, 0.1) is 5.92 Å². The topological polar surface area (TPSA) is 104 Å². The van der Waals surface area contributed by atoms with Gasteiger partial charge in [-0.2, -0.15) is 0 Å². The lowest BCUT2D eigenvalue weighted by molar-refractivity contribution is -0.127. The summed E-state index contributed by atoms with van der Waals surface area (Å²) >= 11 is 0. The Hall–Kier alpha value is -1.87. The van der Waals surface area contributed by atoms with E-state index < -0.39 is 0 Å². The number of hydrogen-bond acceptors (Lipinski definition) is 5. The van der Waals surface area contributed by atoms with Crippen LogP contribution in [0.1, 0.15) is 25.7 Å². The van der Waals surface area contributed by atoms with E-state index in [1.165, 1.54) is 0 Å². The molecule has 9 heteroatoms. The lowest BCUT2D eigenvalue weighted by Gasteiger charge is -2.35. The Bertz CT molecular complexity index is 534. The summed E-state index contributed by atoms with van der Waals surface area (Å²) in [6.07, 6.45) is 3.39. The predicted octanol–water partition coefficient (Wildman–Crippen LogP) is -0.670. The van der Waals surface area contributed by atoms with E-state index in [0.29, 0.717) is 6.42 Å². The molecular weight excluding hydrogens is 360 g/mol. The van der Waals surface area contributed by atoms with Gasteiger partial charge in [0.05, 0.1) is 13.2 Å². The number of hydrogen-bond donors (Lipinski definition) is 2. The number of amides is 2. The third-order valence-corrected chi connectivity index (χ3v) is 5.21. The molecule has 9 nitrogen and oxygen atoms in total. The summed E-state index contributed by atoms with van der Waals surface area (Å²) in [5.41, 5.74) is 5.38. The monoisotopic (exact) mass is 396 g/mol. The molecule has 0 aromatic carbocycles. The van der Waals surface area contributed by atoms with Gasteiger partial charge in [0, 0.05) is 53.2 Å². The zero-order valence-corrected chi connectivity index (χ0v) is 17.4. The number of carbonyl (C=O) groups is 2. The third-order valence-electron chi connectivity index (χ3n) is 5.21. The highest BCUT2D eigenvalue weighted by molar-refractivity contribution is 5.85. The van der Waals surface area contributed by atoms with Crippen LogP contribution in [0.3, 0.4) is 0 Å². The van der Waals surface area contributed by atoms with Crippen LogP contribution in [0.25, 0.3) is 0 Å². The molecule has 2 amide bonds. The Morgan fingerprint density at radius 2 is 2.00 bits per heavy atom. The van der Waals surface area contributed by atoms with Gasteiger partial charge in [-0.3, -0.25) is 14.5 Å². The SMILES string of the molecule is CN(C)C(=O)CN=C(NCCCN1CCOCC1)N1CCCC(CC(N)=O)C1. The van der Waals surface area contributed by atoms with Crippen LogP contribution < -0.4 is 11.1 Å². The maximum Gasteiger partial charge on any atom is 0.243 e. The number of piperidine rings is 1. The number of guanidine groups is 1. The molecule has 0 aliphatic carbocycles. The van der Waals surface area contributed by atoms with Gasteiger partial charge >= 0.3 is 0 Å². The number of rotatable bonds is 8. The summed E-state index contributed by atoms with van der Waals surface area (Å²) in [5.74, 6) is 0.715. The summed E-state index contributed by atoms with van der Waals surface area (Å²) in [5, 5.41) is 3.43. The fraction of sp³-hybridized carbons (Fsp3) is 0.842. The molecule has 2 rings (SSSR count). The first-order valence-corrected chi connectivity index (χ1v) is 10.3. The molecule has 1 atom stereocenters. The maximum atomic E-state index is 12.0. The van der Waals surface area contributed by atoms with Crippen molar-refractivity contribution in [3.05, 3.63) is 0 Å². The molecular formula is C19H36N6O3. The average molecular weight is 397 g/mol. The van der Waals surface area contributed by atoms with Gasteiger partial charge in [-0.1, -0.05) is 0 Å². The minimum absolute atomic E-state index is 0.0293. The van der Waals surface area contributed by atoms with Gasteiger partial charge in [-0.25, -0.2) is 4.99 Å². The number of likely N-dealkylation sites (N-methyl/N-ethyl adjacent to an activating group) is 1. The molecule has 2 aliphatic heterocycles. The Kier molecular flexibility index (Phi) is 9.49. The molecule has 2 fully saturated rings. The van der Waals surface area contributed by atoms with Crippen molar-refractivity contribution < 1.29 is 14.3 Å². The van der Waals surface area contributed by atoms with Crippen LogP contribution in [-0.2, 0) is 14.3 Å². The molecule has 0 bridgehead atoms. The minimum Gasteiger partial charge on any atom is -0.379 e. The van der Waals surface area contributed by atoms with Crippen molar-refractivity contribution in [2.45, 2.75) is 25.7 Å². The zero-order valence-electron chi connectivity index (χ0n) is 17.4. The van der Waals surface area contributed by atoms with Gasteiger partial charge in [-0.15, -0.1) is 0 Å². The molecule has 0 radical (unpaired) electrons. The van der Waals surface area contributed by atoms with E-state index in [-0.39, 0.29) is 24.3 Å². The Morgan fingerprint density at radius 3 is 2.68 bits per heavy atom. The molecule has 0 saturated carbocycles. The van der Waals surface area contributed by atoms with Crippen molar-refractivity contribution in [2.24, 2.45) is 16.6 Å². The first-order valence-electron chi connectivity index (χ1n) is 10.3. The number of nitrogens with zero attached hydrogens (tertiary/aromatic N) is 4. The quantitative estimate of drug-likeness (QED) is 0.320. The minimum atomic E-state index is -0.258. The number of carbonyl (C=O) groups excluding carboxylic acids is 2. The van der Waals surface area contributed by atoms with Gasteiger partial charge in [-0.05, 0) is 31.7 Å². The molecule has 28 heavy (non-hydrogen) atoms. The van der Waals surface area contributed by atoms with Crippen molar-refractivity contribution in [3.63, 3.8) is 0 Å². The molecule has 1 unspecified atom stereocenters. The number of nitrogens with two attached hydrogens (primary N) is 1. The van der Waals surface area contributed by atoms with Crippen molar-refractivity contribution >= 4 is 17.8 Å². The predicted molar refractivity (Wildman–Crippen MR) is 109 cm³/mol. The van der Waals surface area contributed by atoms with Gasteiger partial charge < -0.3 is 25.6 Å². The number of aliphatic imine (C=N–C) groups is 1. The highest BCUT2D eigenvalue weighted by atomic mass is 16.5. The Balaban J connectivity index is 1.89. The van der Waals surface area contributed by atoms with E-state index in [0.717, 1.165) is 77.7 Å². The maximum absolute atomic E-state index is 12.0. The highest BCUT2D eigenvalue weighted by Gasteiger charge is 2.24. The second-order valence-electron chi connectivity index (χ2n) is 7.79. The fourth-order valence-electron chi connectivity index (χ4n) is 3.59. The van der Waals surface area contributed by atoms with Crippen LogP contribution in [0.5, 0.6) is 0 Å². The second-order valence-corrected chi connectivity index (χ2v) is 7.79. The van der Waals surface area contributed by atoms with Crippen molar-refractivity contribution in [2.75, 3.05) is 73.1 Å². The van der Waals surface area contributed by atoms with Crippen LogP contribution in [0.15, 0.2) is 4.99 Å². The van der Waals surface area contributed by atoms with E-state index in [1.54, 1.807) is 19.0 Å². The van der Waals surface area contributed by atoms with E-state index in [2.05, 4.69) is 20.1 Å². The molecule has 0 aromatic rings. The summed E-state index contributed by atoms with van der Waals surface area (Å²) in [6.45, 7) is 7.14. The molecule has 2 heterocycles. The van der Waals surface area contributed by atoms with E-state index in [1.807, 2.05) is 0 Å². The zero-order chi connectivity index (χ0) is 20.4.